The van der Waals surface area contributed by atoms with Gasteiger partial charge in [0.05, 0.1) is 18.5 Å². The molecule has 128 valence electrons. The molecule has 0 aliphatic heterocycles. The maximum absolute atomic E-state index is 15.1. The molecule has 25 heavy (non-hydrogen) atoms. The minimum atomic E-state index is -0.373. The normalized spacial score (nSPS) is 11.5. The summed E-state index contributed by atoms with van der Waals surface area (Å²) in [5.74, 6) is -0.166. The van der Waals surface area contributed by atoms with Crippen LogP contribution >= 0.6 is 11.3 Å². The van der Waals surface area contributed by atoms with Crippen LogP contribution in [0.3, 0.4) is 0 Å². The van der Waals surface area contributed by atoms with Crippen molar-refractivity contribution in [3.05, 3.63) is 29.7 Å². The first kappa shape index (κ1) is 15.8. The highest BCUT2D eigenvalue weighted by atomic mass is 32.1. The molecule has 3 N–H and O–H groups in total. The van der Waals surface area contributed by atoms with Crippen molar-refractivity contribution < 1.29 is 9.13 Å². The van der Waals surface area contributed by atoms with Crippen LogP contribution in [0.25, 0.3) is 32.5 Å². The van der Waals surface area contributed by atoms with E-state index in [9.17, 15) is 0 Å². The Morgan fingerprint density at radius 2 is 2.12 bits per heavy atom. The second kappa shape index (κ2) is 5.96. The molecule has 0 radical (unpaired) electrons. The van der Waals surface area contributed by atoms with E-state index in [4.69, 9.17) is 10.5 Å². The van der Waals surface area contributed by atoms with E-state index >= 15 is 4.39 Å². The zero-order valence-corrected chi connectivity index (χ0v) is 14.6. The number of thiazole rings is 1. The Bertz CT molecular complexity index is 1090. The monoisotopic (exact) mass is 357 g/mol. The Morgan fingerprint density at radius 1 is 1.28 bits per heavy atom. The van der Waals surface area contributed by atoms with Gasteiger partial charge in [-0.3, -0.25) is 5.10 Å². The van der Waals surface area contributed by atoms with Crippen molar-refractivity contribution in [1.82, 2.24) is 20.2 Å². The van der Waals surface area contributed by atoms with E-state index in [1.807, 2.05) is 26.0 Å². The van der Waals surface area contributed by atoms with Crippen LogP contribution in [0.1, 0.15) is 19.4 Å². The van der Waals surface area contributed by atoms with Gasteiger partial charge in [0.25, 0.3) is 0 Å². The zero-order chi connectivity index (χ0) is 17.6. The average molecular weight is 357 g/mol. The number of hydrogen-bond acceptors (Lipinski definition) is 6. The van der Waals surface area contributed by atoms with E-state index in [1.165, 1.54) is 11.3 Å². The lowest BCUT2D eigenvalue weighted by Crippen LogP contribution is -2.02. The van der Waals surface area contributed by atoms with Crippen LogP contribution in [0.5, 0.6) is 5.75 Å². The third-order valence-electron chi connectivity index (χ3n) is 4.07. The maximum Gasteiger partial charge on any atom is 0.182 e. The van der Waals surface area contributed by atoms with E-state index in [2.05, 4.69) is 20.2 Å². The lowest BCUT2D eigenvalue weighted by Gasteiger charge is -2.14. The molecule has 0 amide bonds. The second-order valence-corrected chi connectivity index (χ2v) is 6.52. The van der Waals surface area contributed by atoms with Crippen molar-refractivity contribution in [2.75, 3.05) is 12.3 Å². The molecule has 0 aliphatic rings. The summed E-state index contributed by atoms with van der Waals surface area (Å²) in [6.45, 7) is 4.11. The van der Waals surface area contributed by atoms with Gasteiger partial charge in [0.2, 0.25) is 0 Å². The summed E-state index contributed by atoms with van der Waals surface area (Å²) in [5, 5.41) is 8.17. The quantitative estimate of drug-likeness (QED) is 0.578. The van der Waals surface area contributed by atoms with Crippen LogP contribution in [0.4, 0.5) is 9.52 Å². The molecule has 0 spiro atoms. The number of fused-ring (bicyclic) bond motifs is 2. The van der Waals surface area contributed by atoms with Gasteiger partial charge in [0.1, 0.15) is 15.9 Å². The van der Waals surface area contributed by atoms with Crippen LogP contribution in [-0.4, -0.2) is 26.8 Å². The molecular formula is C17H16FN5OS. The number of ether oxygens (including phenoxy) is 1. The Morgan fingerprint density at radius 3 is 2.88 bits per heavy atom. The van der Waals surface area contributed by atoms with Crippen molar-refractivity contribution in [3.8, 4) is 17.0 Å². The molecule has 6 nitrogen and oxygen atoms in total. The molecule has 0 atom stereocenters. The minimum absolute atomic E-state index is 0.207. The summed E-state index contributed by atoms with van der Waals surface area (Å²) in [6.07, 6.45) is 2.19. The number of nitrogen functional groups attached to an aromatic ring is 1. The zero-order valence-electron chi connectivity index (χ0n) is 13.8. The number of aromatic amines is 1. The first-order valence-corrected chi connectivity index (χ1v) is 8.79. The summed E-state index contributed by atoms with van der Waals surface area (Å²) in [4.78, 5) is 9.59. The maximum atomic E-state index is 15.1. The van der Waals surface area contributed by atoms with Crippen molar-refractivity contribution in [2.24, 2.45) is 0 Å². The molecule has 0 saturated carbocycles. The smallest absolute Gasteiger partial charge is 0.182 e. The summed E-state index contributed by atoms with van der Waals surface area (Å²) < 4.78 is 20.6. The molecule has 0 bridgehead atoms. The number of halogens is 1. The van der Waals surface area contributed by atoms with Crippen molar-refractivity contribution in [3.63, 3.8) is 0 Å². The Labute approximate surface area is 146 Å². The minimum Gasteiger partial charge on any atom is -0.489 e. The molecule has 0 aliphatic carbocycles. The topological polar surface area (TPSA) is 89.7 Å². The van der Waals surface area contributed by atoms with Gasteiger partial charge in [-0.05, 0) is 25.5 Å². The van der Waals surface area contributed by atoms with Gasteiger partial charge < -0.3 is 10.5 Å². The van der Waals surface area contributed by atoms with Crippen LogP contribution in [0.2, 0.25) is 0 Å². The van der Waals surface area contributed by atoms with Crippen LogP contribution < -0.4 is 10.5 Å². The fourth-order valence-electron chi connectivity index (χ4n) is 3.05. The molecular weight excluding hydrogens is 341 g/mol. The average Bonchev–Trinajstić information content (AvgIpc) is 3.21. The molecule has 0 unspecified atom stereocenters. The van der Waals surface area contributed by atoms with Gasteiger partial charge in [-0.25, -0.2) is 14.4 Å². The van der Waals surface area contributed by atoms with Crippen molar-refractivity contribution in [1.29, 1.82) is 0 Å². The van der Waals surface area contributed by atoms with Gasteiger partial charge in [-0.1, -0.05) is 18.3 Å². The standard InChI is InChI=1S/C17H16FN5OS/c1-3-8-12(10-5-6-11-16(21-10)25-17(19)22-11)9-7-20-23-14(9)15(13(8)18)24-4-2/h5-7H,3-4H2,1-2H3,(H2,19,22)(H,20,23). The number of hydrogen-bond donors (Lipinski definition) is 2. The van der Waals surface area contributed by atoms with Gasteiger partial charge in [-0.2, -0.15) is 5.10 Å². The first-order valence-electron chi connectivity index (χ1n) is 7.97. The highest BCUT2D eigenvalue weighted by Gasteiger charge is 2.23. The lowest BCUT2D eigenvalue weighted by molar-refractivity contribution is 0.324. The van der Waals surface area contributed by atoms with E-state index in [1.54, 1.807) is 6.20 Å². The van der Waals surface area contributed by atoms with Gasteiger partial charge >= 0.3 is 0 Å². The summed E-state index contributed by atoms with van der Waals surface area (Å²) >= 11 is 1.31. The van der Waals surface area contributed by atoms with E-state index in [0.29, 0.717) is 34.9 Å². The molecule has 4 aromatic rings. The number of nitrogens with zero attached hydrogens (tertiary/aromatic N) is 3. The van der Waals surface area contributed by atoms with Gasteiger partial charge in [0.15, 0.2) is 16.7 Å². The van der Waals surface area contributed by atoms with E-state index in [-0.39, 0.29) is 11.6 Å². The number of H-pyrrole nitrogens is 1. The second-order valence-electron chi connectivity index (χ2n) is 5.51. The van der Waals surface area contributed by atoms with Gasteiger partial charge in [-0.15, -0.1) is 0 Å². The Balaban J connectivity index is 2.05. The molecule has 3 heterocycles. The van der Waals surface area contributed by atoms with E-state index < -0.39 is 0 Å². The number of anilines is 1. The summed E-state index contributed by atoms with van der Waals surface area (Å²) in [6, 6.07) is 3.69. The van der Waals surface area contributed by atoms with Crippen molar-refractivity contribution in [2.45, 2.75) is 20.3 Å². The van der Waals surface area contributed by atoms with E-state index in [0.717, 1.165) is 21.3 Å². The molecule has 0 saturated heterocycles. The number of rotatable bonds is 4. The number of pyridine rings is 1. The molecule has 4 rings (SSSR count). The third-order valence-corrected chi connectivity index (χ3v) is 4.87. The van der Waals surface area contributed by atoms with Crippen molar-refractivity contribution >= 4 is 37.7 Å². The highest BCUT2D eigenvalue weighted by Crippen LogP contribution is 2.40. The number of benzene rings is 1. The van der Waals surface area contributed by atoms with Gasteiger partial charge in [0, 0.05) is 16.5 Å². The number of nitrogens with two attached hydrogens (primary N) is 1. The van der Waals surface area contributed by atoms with Crippen LogP contribution in [0, 0.1) is 5.82 Å². The lowest BCUT2D eigenvalue weighted by atomic mass is 9.96. The first-order chi connectivity index (χ1) is 12.1. The number of nitrogens with one attached hydrogen (secondary N) is 1. The third kappa shape index (κ3) is 2.41. The molecule has 3 aromatic heterocycles. The predicted molar refractivity (Wildman–Crippen MR) is 97.4 cm³/mol. The molecule has 8 heteroatoms. The predicted octanol–water partition coefficient (Wildman–Crippen LogP) is 3.92. The largest absolute Gasteiger partial charge is 0.489 e. The Hall–Kier alpha value is -2.74. The molecule has 0 fully saturated rings. The SMILES string of the molecule is CCOc1c(F)c(CC)c(-c2ccc3nc(N)sc3n2)c2cn[nH]c12. The fourth-order valence-corrected chi connectivity index (χ4v) is 3.75. The summed E-state index contributed by atoms with van der Waals surface area (Å²) in [5.41, 5.74) is 8.99. The summed E-state index contributed by atoms with van der Waals surface area (Å²) in [7, 11) is 0. The number of aromatic nitrogens is 4. The Kier molecular flexibility index (Phi) is 3.76. The van der Waals surface area contributed by atoms with Crippen LogP contribution in [-0.2, 0) is 6.42 Å². The van der Waals surface area contributed by atoms with Crippen LogP contribution in [0.15, 0.2) is 18.3 Å². The fraction of sp³-hybridized carbons (Fsp3) is 0.235. The molecule has 1 aromatic carbocycles. The highest BCUT2D eigenvalue weighted by molar-refractivity contribution is 7.21.